The molecule has 4 rings (SSSR count). The Kier molecular flexibility index (Phi) is 8.58. The molecule has 3 aliphatic heterocycles. The van der Waals surface area contributed by atoms with Crippen molar-refractivity contribution in [3.8, 4) is 0 Å². The molecule has 4 aliphatic rings. The van der Waals surface area contributed by atoms with Crippen molar-refractivity contribution in [2.24, 2.45) is 11.8 Å². The van der Waals surface area contributed by atoms with Gasteiger partial charge in [-0.1, -0.05) is 38.8 Å². The van der Waals surface area contributed by atoms with Gasteiger partial charge in [-0.2, -0.15) is 0 Å². The molecule has 0 bridgehead atoms. The van der Waals surface area contributed by atoms with Crippen molar-refractivity contribution >= 4 is 35.8 Å². The van der Waals surface area contributed by atoms with Gasteiger partial charge >= 0.3 is 35.8 Å². The summed E-state index contributed by atoms with van der Waals surface area (Å²) in [7, 11) is 0. The second-order valence-electron chi connectivity index (χ2n) is 10.0. The van der Waals surface area contributed by atoms with Crippen LogP contribution in [-0.2, 0) is 47.7 Å². The van der Waals surface area contributed by atoms with Crippen LogP contribution < -0.4 is 0 Å². The fourth-order valence-corrected chi connectivity index (χ4v) is 5.55. The number of cyclic esters (lactones) is 4. The Morgan fingerprint density at radius 1 is 0.789 bits per heavy atom. The predicted octanol–water partition coefficient (Wildman–Crippen LogP) is 3.33. The lowest BCUT2D eigenvalue weighted by Gasteiger charge is -2.34. The van der Waals surface area contributed by atoms with E-state index in [0.29, 0.717) is 32.1 Å². The van der Waals surface area contributed by atoms with Gasteiger partial charge in [-0.05, 0) is 50.9 Å². The van der Waals surface area contributed by atoms with Gasteiger partial charge in [0.15, 0.2) is 0 Å². The molecule has 0 amide bonds. The zero-order valence-corrected chi connectivity index (χ0v) is 21.6. The highest BCUT2D eigenvalue weighted by Gasteiger charge is 2.47. The van der Waals surface area contributed by atoms with Crippen LogP contribution >= 0.6 is 0 Å². The topological polar surface area (TPSA) is 139 Å². The van der Waals surface area contributed by atoms with Crippen molar-refractivity contribution in [1.82, 2.24) is 0 Å². The fourth-order valence-electron chi connectivity index (χ4n) is 5.55. The number of allylic oxidation sites excluding steroid dienone is 1. The summed E-state index contributed by atoms with van der Waals surface area (Å²) in [6.07, 6.45) is 5.92. The molecule has 1 aliphatic carbocycles. The number of rotatable bonds is 6. The van der Waals surface area contributed by atoms with Crippen molar-refractivity contribution in [2.75, 3.05) is 0 Å². The molecular weight excluding hydrogens is 496 g/mol. The van der Waals surface area contributed by atoms with Crippen molar-refractivity contribution in [2.45, 2.75) is 90.3 Å². The Hall–Kier alpha value is -3.56. The molecule has 0 aromatic heterocycles. The first-order valence-electron chi connectivity index (χ1n) is 13.3. The van der Waals surface area contributed by atoms with Crippen molar-refractivity contribution < 1.29 is 47.7 Å². The van der Waals surface area contributed by atoms with Gasteiger partial charge in [0, 0.05) is 5.57 Å². The third-order valence-electron chi connectivity index (χ3n) is 7.37. The van der Waals surface area contributed by atoms with E-state index in [1.807, 2.05) is 13.8 Å². The summed E-state index contributed by atoms with van der Waals surface area (Å²) in [5, 5.41) is 0. The van der Waals surface area contributed by atoms with Crippen LogP contribution in [0.2, 0.25) is 0 Å². The van der Waals surface area contributed by atoms with Gasteiger partial charge < -0.3 is 18.9 Å². The number of unbranched alkanes of at least 4 members (excludes halogenated alkanes) is 1. The molecule has 0 spiro atoms. The molecule has 2 unspecified atom stereocenters. The van der Waals surface area contributed by atoms with Crippen LogP contribution in [0.15, 0.2) is 34.4 Å². The molecule has 0 N–H and O–H groups in total. The molecule has 38 heavy (non-hydrogen) atoms. The second-order valence-corrected chi connectivity index (χ2v) is 10.0. The van der Waals surface area contributed by atoms with Crippen LogP contribution in [0.3, 0.4) is 0 Å². The van der Waals surface area contributed by atoms with E-state index in [9.17, 15) is 28.8 Å². The largest absolute Gasteiger partial charge is 0.458 e. The highest BCUT2D eigenvalue weighted by Crippen LogP contribution is 2.40. The lowest BCUT2D eigenvalue weighted by Crippen LogP contribution is -2.41. The zero-order valence-electron chi connectivity index (χ0n) is 21.6. The van der Waals surface area contributed by atoms with Crippen LogP contribution in [0.4, 0.5) is 0 Å². The smallest absolute Gasteiger partial charge is 0.346 e. The van der Waals surface area contributed by atoms with Crippen LogP contribution in [0.5, 0.6) is 0 Å². The first-order chi connectivity index (χ1) is 18.2. The minimum Gasteiger partial charge on any atom is -0.458 e. The lowest BCUT2D eigenvalue weighted by atomic mass is 9.77. The van der Waals surface area contributed by atoms with Gasteiger partial charge in [0.2, 0.25) is 0 Å². The number of hydrogen-bond acceptors (Lipinski definition) is 10. The highest BCUT2D eigenvalue weighted by atomic mass is 16.6. The minimum atomic E-state index is -1.25. The maximum absolute atomic E-state index is 13.9. The van der Waals surface area contributed by atoms with Gasteiger partial charge in [0.25, 0.3) is 0 Å². The van der Waals surface area contributed by atoms with E-state index in [0.717, 1.165) is 19.3 Å². The van der Waals surface area contributed by atoms with Crippen molar-refractivity contribution in [3.05, 3.63) is 34.4 Å². The molecule has 0 aromatic carbocycles. The molecule has 1 saturated carbocycles. The van der Waals surface area contributed by atoms with Gasteiger partial charge in [0.1, 0.15) is 12.2 Å². The Bertz CT molecular complexity index is 1140. The molecule has 0 saturated heterocycles. The summed E-state index contributed by atoms with van der Waals surface area (Å²) in [4.78, 5) is 77.4. The maximum Gasteiger partial charge on any atom is 0.346 e. The number of carbonyl (C=O) groups excluding carboxylic acids is 6. The number of ether oxygens (including phenoxy) is 4. The standard InChI is InChI=1S/C28H32O10/c1-3-5-6-10-16-23(28(34)38-24(16)30)22-15(9-4-2)13-17-18(26(32)37-25(17)31)14-21(29)35-19-11-7-8-12-20(19)36-27(22)33/h6,10,15,19-20,22H,3-5,7-9,11-14H2,1-2H3/b10-6+/t15?,19-,20-,22?/m1/s1. The second kappa shape index (κ2) is 11.9. The van der Waals surface area contributed by atoms with E-state index in [1.165, 1.54) is 6.08 Å². The Balaban J connectivity index is 1.86. The number of hydrogen-bond donors (Lipinski definition) is 0. The van der Waals surface area contributed by atoms with Gasteiger partial charge in [0.05, 0.1) is 29.1 Å². The average molecular weight is 529 g/mol. The number of carbonyl (C=O) groups is 6. The summed E-state index contributed by atoms with van der Waals surface area (Å²) in [6.45, 7) is 3.83. The molecular formula is C28H32O10. The van der Waals surface area contributed by atoms with Crippen molar-refractivity contribution in [3.63, 3.8) is 0 Å². The zero-order chi connectivity index (χ0) is 27.4. The van der Waals surface area contributed by atoms with Gasteiger partial charge in [-0.15, -0.1) is 0 Å². The van der Waals surface area contributed by atoms with Crippen LogP contribution in [0.1, 0.15) is 78.1 Å². The predicted molar refractivity (Wildman–Crippen MR) is 130 cm³/mol. The van der Waals surface area contributed by atoms with Crippen LogP contribution in [0, 0.1) is 11.8 Å². The molecule has 204 valence electrons. The van der Waals surface area contributed by atoms with E-state index >= 15 is 0 Å². The molecule has 10 heteroatoms. The molecule has 10 nitrogen and oxygen atoms in total. The summed E-state index contributed by atoms with van der Waals surface area (Å²) in [6, 6.07) is 0. The molecule has 3 heterocycles. The number of esters is 6. The fraction of sp³-hybridized carbons (Fsp3) is 0.571. The highest BCUT2D eigenvalue weighted by molar-refractivity contribution is 6.16. The first kappa shape index (κ1) is 27.5. The Morgan fingerprint density at radius 3 is 2.13 bits per heavy atom. The third-order valence-corrected chi connectivity index (χ3v) is 7.37. The minimum absolute atomic E-state index is 0.0236. The average Bonchev–Trinajstić information content (AvgIpc) is 3.28. The summed E-state index contributed by atoms with van der Waals surface area (Å²) >= 11 is 0. The summed E-state index contributed by atoms with van der Waals surface area (Å²) < 4.78 is 21.2. The monoisotopic (exact) mass is 528 g/mol. The van der Waals surface area contributed by atoms with Crippen LogP contribution in [-0.4, -0.2) is 48.0 Å². The third kappa shape index (κ3) is 5.63. The van der Waals surface area contributed by atoms with E-state index in [4.69, 9.17) is 18.9 Å². The Labute approximate surface area is 220 Å². The molecule has 1 fully saturated rings. The number of fused-ring (bicyclic) bond motifs is 1. The molecule has 0 radical (unpaired) electrons. The molecule has 4 atom stereocenters. The Morgan fingerprint density at radius 2 is 1.45 bits per heavy atom. The van der Waals surface area contributed by atoms with E-state index in [-0.39, 0.29) is 28.7 Å². The van der Waals surface area contributed by atoms with Gasteiger partial charge in [-0.3, -0.25) is 9.59 Å². The maximum atomic E-state index is 13.9. The summed E-state index contributed by atoms with van der Waals surface area (Å²) in [5.74, 6) is -7.05. The normalized spacial score (nSPS) is 28.9. The van der Waals surface area contributed by atoms with E-state index in [1.54, 1.807) is 6.08 Å². The SMILES string of the molecule is CCC/C=C/C1=C(C2C(=O)O[C@@H]3CCCC[C@H]3OC(=O)CC3=C(CC2CCC)C(=O)OC3=O)C(=O)OC1=O. The van der Waals surface area contributed by atoms with Crippen molar-refractivity contribution in [1.29, 1.82) is 0 Å². The van der Waals surface area contributed by atoms with E-state index in [2.05, 4.69) is 0 Å². The van der Waals surface area contributed by atoms with E-state index < -0.39 is 66.3 Å². The first-order valence-corrected chi connectivity index (χ1v) is 13.3. The summed E-state index contributed by atoms with van der Waals surface area (Å²) in [5.41, 5.74) is -0.287. The quantitative estimate of drug-likeness (QED) is 0.286. The molecule has 0 aromatic rings. The van der Waals surface area contributed by atoms with Crippen LogP contribution in [0.25, 0.3) is 0 Å². The lowest BCUT2D eigenvalue weighted by molar-refractivity contribution is -0.175. The van der Waals surface area contributed by atoms with Gasteiger partial charge in [-0.25, -0.2) is 19.2 Å².